The largest absolute Gasteiger partial charge is 0.480 e. The van der Waals surface area contributed by atoms with Gasteiger partial charge in [0.1, 0.15) is 18.1 Å². The first-order chi connectivity index (χ1) is 13.0. The maximum atomic E-state index is 12.4. The van der Waals surface area contributed by atoms with Gasteiger partial charge in [0, 0.05) is 0 Å². The third-order valence-electron chi connectivity index (χ3n) is 3.77. The summed E-state index contributed by atoms with van der Waals surface area (Å²) in [5.74, 6) is -4.31. The second-order valence-corrected chi connectivity index (χ2v) is 6.43. The van der Waals surface area contributed by atoms with Crippen molar-refractivity contribution in [1.82, 2.24) is 16.0 Å². The number of nitrogens with one attached hydrogen (secondary N) is 3. The Morgan fingerprint density at radius 3 is 1.93 bits per heavy atom. The number of carbonyl (C=O) groups excluding carboxylic acids is 4. The average molecular weight is 402 g/mol. The number of aliphatic carboxylic acids is 1. The van der Waals surface area contributed by atoms with Crippen LogP contribution in [0.2, 0.25) is 0 Å². The van der Waals surface area contributed by atoms with Crippen molar-refractivity contribution in [3.63, 3.8) is 0 Å². The van der Waals surface area contributed by atoms with Gasteiger partial charge < -0.3 is 38.3 Å². The van der Waals surface area contributed by atoms with Crippen LogP contribution >= 0.6 is 0 Å². The molecule has 0 radical (unpaired) electrons. The Kier molecular flexibility index (Phi) is 11.4. The molecule has 0 rings (SSSR count). The van der Waals surface area contributed by atoms with Crippen LogP contribution < -0.4 is 33.2 Å². The van der Waals surface area contributed by atoms with Gasteiger partial charge in [-0.2, -0.15) is 0 Å². The maximum absolute atomic E-state index is 12.4. The van der Waals surface area contributed by atoms with E-state index < -0.39 is 60.2 Å². The van der Waals surface area contributed by atoms with E-state index in [1.165, 1.54) is 13.8 Å². The summed E-state index contributed by atoms with van der Waals surface area (Å²) in [5, 5.41) is 16.1. The van der Waals surface area contributed by atoms with Gasteiger partial charge in [0.05, 0.1) is 12.5 Å². The molecule has 0 saturated heterocycles. The maximum Gasteiger partial charge on any atom is 0.326 e. The first-order valence-electron chi connectivity index (χ1n) is 8.87. The molecule has 0 aromatic carbocycles. The summed E-state index contributed by atoms with van der Waals surface area (Å²) in [6, 6.07) is -4.38. The highest BCUT2D eigenvalue weighted by molar-refractivity contribution is 5.94. The fraction of sp³-hybridized carbons (Fsp3) is 0.688. The zero-order valence-electron chi connectivity index (χ0n) is 16.1. The SMILES string of the molecule is CC(N)C(=O)NC(C)C(=O)NC(CCCCN)C(=O)NC(CC(N)=O)C(=O)O. The second kappa shape index (κ2) is 12.6. The van der Waals surface area contributed by atoms with E-state index in [9.17, 15) is 24.0 Å². The van der Waals surface area contributed by atoms with Gasteiger partial charge in [-0.15, -0.1) is 0 Å². The quantitative estimate of drug-likeness (QED) is 0.156. The van der Waals surface area contributed by atoms with Gasteiger partial charge in [-0.3, -0.25) is 19.2 Å². The molecule has 0 aromatic heterocycles. The molecule has 0 saturated carbocycles. The van der Waals surface area contributed by atoms with Crippen molar-refractivity contribution in [2.75, 3.05) is 6.54 Å². The molecule has 0 fully saturated rings. The van der Waals surface area contributed by atoms with E-state index in [-0.39, 0.29) is 6.42 Å². The van der Waals surface area contributed by atoms with Crippen molar-refractivity contribution in [3.05, 3.63) is 0 Å². The smallest absolute Gasteiger partial charge is 0.326 e. The predicted molar refractivity (Wildman–Crippen MR) is 99.5 cm³/mol. The number of unbranched alkanes of at least 4 members (excludes halogenated alkanes) is 1. The number of rotatable bonds is 13. The highest BCUT2D eigenvalue weighted by Gasteiger charge is 2.29. The summed E-state index contributed by atoms with van der Waals surface area (Å²) in [6.07, 6.45) is 0.667. The lowest BCUT2D eigenvalue weighted by atomic mass is 10.1. The van der Waals surface area contributed by atoms with E-state index in [1.807, 2.05) is 0 Å². The molecule has 4 unspecified atom stereocenters. The first kappa shape index (κ1) is 25.3. The molecule has 12 nitrogen and oxygen atoms in total. The molecular weight excluding hydrogens is 372 g/mol. The minimum Gasteiger partial charge on any atom is -0.480 e. The molecule has 28 heavy (non-hydrogen) atoms. The van der Waals surface area contributed by atoms with Crippen LogP contribution in [0.25, 0.3) is 0 Å². The molecule has 0 heterocycles. The van der Waals surface area contributed by atoms with Crippen LogP contribution in [-0.4, -0.2) is 65.4 Å². The van der Waals surface area contributed by atoms with Crippen LogP contribution in [0, 0.1) is 0 Å². The molecule has 4 amide bonds. The van der Waals surface area contributed by atoms with Crippen molar-refractivity contribution < 1.29 is 29.1 Å². The van der Waals surface area contributed by atoms with Crippen molar-refractivity contribution >= 4 is 29.6 Å². The normalized spacial score (nSPS) is 14.9. The van der Waals surface area contributed by atoms with Crippen LogP contribution in [-0.2, 0) is 24.0 Å². The van der Waals surface area contributed by atoms with Gasteiger partial charge in [0.25, 0.3) is 0 Å². The van der Waals surface area contributed by atoms with Gasteiger partial charge in [0.15, 0.2) is 0 Å². The molecule has 0 aliphatic heterocycles. The second-order valence-electron chi connectivity index (χ2n) is 6.43. The van der Waals surface area contributed by atoms with Gasteiger partial charge in [0.2, 0.25) is 23.6 Å². The lowest BCUT2D eigenvalue weighted by Crippen LogP contribution is -2.56. The van der Waals surface area contributed by atoms with Crippen LogP contribution in [0.15, 0.2) is 0 Å². The molecule has 0 bridgehead atoms. The lowest BCUT2D eigenvalue weighted by Gasteiger charge is -2.23. The summed E-state index contributed by atoms with van der Waals surface area (Å²) >= 11 is 0. The Balaban J connectivity index is 5.10. The number of carbonyl (C=O) groups is 5. The van der Waals surface area contributed by atoms with E-state index in [0.717, 1.165) is 0 Å². The monoisotopic (exact) mass is 402 g/mol. The zero-order chi connectivity index (χ0) is 21.9. The first-order valence-corrected chi connectivity index (χ1v) is 8.87. The minimum absolute atomic E-state index is 0.186. The Hall–Kier alpha value is -2.73. The van der Waals surface area contributed by atoms with E-state index in [4.69, 9.17) is 22.3 Å². The fourth-order valence-electron chi connectivity index (χ4n) is 2.14. The van der Waals surface area contributed by atoms with Gasteiger partial charge in [-0.25, -0.2) is 4.79 Å². The summed E-state index contributed by atoms with van der Waals surface area (Å²) in [4.78, 5) is 58.5. The fourth-order valence-corrected chi connectivity index (χ4v) is 2.14. The van der Waals surface area contributed by atoms with Crippen molar-refractivity contribution in [3.8, 4) is 0 Å². The van der Waals surface area contributed by atoms with E-state index in [1.54, 1.807) is 0 Å². The molecule has 10 N–H and O–H groups in total. The lowest BCUT2D eigenvalue weighted by molar-refractivity contribution is -0.143. The van der Waals surface area contributed by atoms with Crippen molar-refractivity contribution in [2.45, 2.75) is 63.7 Å². The number of carboxylic acids is 1. The number of hydrogen-bond acceptors (Lipinski definition) is 7. The molecular formula is C16H30N6O6. The van der Waals surface area contributed by atoms with E-state index in [0.29, 0.717) is 19.4 Å². The average Bonchev–Trinajstić information content (AvgIpc) is 2.59. The number of amides is 4. The summed E-state index contributed by atoms with van der Waals surface area (Å²) in [6.45, 7) is 3.24. The number of hydrogen-bond donors (Lipinski definition) is 7. The Labute approximate surface area is 162 Å². The Bertz CT molecular complexity index is 582. The number of nitrogens with two attached hydrogens (primary N) is 3. The standard InChI is InChI=1S/C16H30N6O6/c1-8(18)13(24)20-9(2)14(25)21-10(5-3-4-6-17)15(26)22-11(16(27)28)7-12(19)23/h8-11H,3-7,17-18H2,1-2H3,(H2,19,23)(H,20,24)(H,21,25)(H,22,26)(H,27,28). The molecule has 12 heteroatoms. The highest BCUT2D eigenvalue weighted by atomic mass is 16.4. The molecule has 0 aromatic rings. The van der Waals surface area contributed by atoms with Crippen LogP contribution in [0.4, 0.5) is 0 Å². The van der Waals surface area contributed by atoms with Gasteiger partial charge in [-0.05, 0) is 39.7 Å². The van der Waals surface area contributed by atoms with Crippen molar-refractivity contribution in [2.24, 2.45) is 17.2 Å². The third kappa shape index (κ3) is 9.83. The Morgan fingerprint density at radius 1 is 0.893 bits per heavy atom. The van der Waals surface area contributed by atoms with E-state index in [2.05, 4.69) is 16.0 Å². The van der Waals surface area contributed by atoms with E-state index >= 15 is 0 Å². The van der Waals surface area contributed by atoms with Gasteiger partial charge in [-0.1, -0.05) is 0 Å². The summed E-state index contributed by atoms with van der Waals surface area (Å²) < 4.78 is 0. The molecule has 0 aliphatic carbocycles. The third-order valence-corrected chi connectivity index (χ3v) is 3.77. The summed E-state index contributed by atoms with van der Waals surface area (Å²) in [5.41, 5.74) is 15.8. The predicted octanol–water partition coefficient (Wildman–Crippen LogP) is -3.10. The molecule has 160 valence electrons. The molecule has 4 atom stereocenters. The number of carboxylic acid groups (broad SMARTS) is 1. The molecule has 0 aliphatic rings. The van der Waals surface area contributed by atoms with Gasteiger partial charge >= 0.3 is 5.97 Å². The highest BCUT2D eigenvalue weighted by Crippen LogP contribution is 2.03. The van der Waals surface area contributed by atoms with Crippen LogP contribution in [0.3, 0.4) is 0 Å². The summed E-state index contributed by atoms with van der Waals surface area (Å²) in [7, 11) is 0. The topological polar surface area (TPSA) is 220 Å². The minimum atomic E-state index is -1.52. The van der Waals surface area contributed by atoms with Crippen molar-refractivity contribution in [1.29, 1.82) is 0 Å². The van der Waals surface area contributed by atoms with Crippen LogP contribution in [0.5, 0.6) is 0 Å². The zero-order valence-corrected chi connectivity index (χ0v) is 16.1. The molecule has 0 spiro atoms. The Morgan fingerprint density at radius 2 is 1.46 bits per heavy atom. The number of primary amides is 1. The van der Waals surface area contributed by atoms with Crippen LogP contribution in [0.1, 0.15) is 39.5 Å².